The molecule has 0 aromatic heterocycles. The maximum absolute atomic E-state index is 7.68. The number of ether oxygens (including phenoxy) is 1. The zero-order chi connectivity index (χ0) is 7.82. The van der Waals surface area contributed by atoms with E-state index in [9.17, 15) is 0 Å². The van der Waals surface area contributed by atoms with E-state index < -0.39 is 8.45 Å². The highest BCUT2D eigenvalue weighted by Crippen LogP contribution is 1.97. The van der Waals surface area contributed by atoms with E-state index in [4.69, 9.17) is 9.63 Å². The first-order valence-electron chi connectivity index (χ1n) is 3.00. The molecule has 0 spiro atoms. The fourth-order valence-electron chi connectivity index (χ4n) is 0.516. The van der Waals surface area contributed by atoms with Crippen LogP contribution in [0, 0.1) is 0 Å². The number of hydrogen-bond donors (Lipinski definition) is 4. The van der Waals surface area contributed by atoms with Crippen LogP contribution in [0.25, 0.3) is 0 Å². The van der Waals surface area contributed by atoms with E-state index in [-0.39, 0.29) is 0 Å². The molecule has 0 atom stereocenters. The molecule has 0 aromatic rings. The molecule has 0 unspecified atom stereocenters. The maximum atomic E-state index is 7.68. The summed E-state index contributed by atoms with van der Waals surface area (Å²) in [6.07, 6.45) is 0. The molecule has 1 rings (SSSR count). The maximum Gasteiger partial charge on any atom is 0.173 e. The van der Waals surface area contributed by atoms with Gasteiger partial charge in [0, 0.05) is 13.1 Å². The van der Waals surface area contributed by atoms with Gasteiger partial charge in [-0.05, 0) is 0 Å². The van der Waals surface area contributed by atoms with Gasteiger partial charge in [0.15, 0.2) is 8.45 Å². The Morgan fingerprint density at radius 3 is 1.80 bits per heavy atom. The van der Waals surface area contributed by atoms with E-state index >= 15 is 0 Å². The standard InChI is InChI=1S/C4H9NO.H5N2OP/c1-3-6-4-2-5-1;1-4(2)3/h5H,1-4H2;3H,1-2H2. The Balaban J connectivity index is 0.000000180. The summed E-state index contributed by atoms with van der Waals surface area (Å²) in [4.78, 5) is 7.68. The largest absolute Gasteiger partial charge is 0.379 e. The van der Waals surface area contributed by atoms with Crippen molar-refractivity contribution in [3.8, 4) is 0 Å². The smallest absolute Gasteiger partial charge is 0.173 e. The molecule has 6 heteroatoms. The lowest BCUT2D eigenvalue weighted by molar-refractivity contribution is 0.109. The third-order valence-corrected chi connectivity index (χ3v) is 0.846. The van der Waals surface area contributed by atoms with Crippen molar-refractivity contribution in [2.75, 3.05) is 26.3 Å². The lowest BCUT2D eigenvalue weighted by atomic mass is 10.5. The van der Waals surface area contributed by atoms with Gasteiger partial charge >= 0.3 is 0 Å². The molecule has 1 heterocycles. The molecule has 0 aliphatic carbocycles. The molecular weight excluding hydrogens is 153 g/mol. The minimum absolute atomic E-state index is 0.889. The Kier molecular flexibility index (Phi) is 7.51. The molecule has 0 bridgehead atoms. The Bertz CT molecular complexity index is 55.3. The minimum atomic E-state index is -1.62. The van der Waals surface area contributed by atoms with Crippen molar-refractivity contribution in [2.45, 2.75) is 0 Å². The van der Waals surface area contributed by atoms with Gasteiger partial charge in [-0.1, -0.05) is 0 Å². The summed E-state index contributed by atoms with van der Waals surface area (Å²) >= 11 is 0. The van der Waals surface area contributed by atoms with E-state index in [0.717, 1.165) is 26.3 Å². The van der Waals surface area contributed by atoms with Crippen LogP contribution in [0.3, 0.4) is 0 Å². The van der Waals surface area contributed by atoms with Crippen molar-refractivity contribution >= 4 is 8.45 Å². The van der Waals surface area contributed by atoms with Crippen LogP contribution in [-0.2, 0) is 4.74 Å². The van der Waals surface area contributed by atoms with E-state index in [2.05, 4.69) is 16.3 Å². The first-order chi connectivity index (χ1) is 4.73. The average Bonchev–Trinajstić information content (AvgIpc) is 1.90. The summed E-state index contributed by atoms with van der Waals surface area (Å²) in [6, 6.07) is 0. The Morgan fingerprint density at radius 1 is 1.30 bits per heavy atom. The Hall–Kier alpha value is 0.230. The van der Waals surface area contributed by atoms with Crippen molar-refractivity contribution < 1.29 is 9.63 Å². The van der Waals surface area contributed by atoms with Gasteiger partial charge < -0.3 is 14.9 Å². The Labute approximate surface area is 61.7 Å². The Morgan fingerprint density at radius 2 is 1.70 bits per heavy atom. The molecule has 5 nitrogen and oxygen atoms in total. The molecular formula is C4H14N3O2P. The van der Waals surface area contributed by atoms with Crippen LogP contribution in [0.2, 0.25) is 0 Å². The number of rotatable bonds is 0. The SMILES string of the molecule is C1COCCN1.NP(N)O. The number of hydrogen-bond acceptors (Lipinski definition) is 5. The molecule has 6 N–H and O–H groups in total. The fourth-order valence-corrected chi connectivity index (χ4v) is 0.516. The molecule has 0 radical (unpaired) electrons. The molecule has 0 amide bonds. The van der Waals surface area contributed by atoms with Gasteiger partial charge in [0.2, 0.25) is 0 Å². The lowest BCUT2D eigenvalue weighted by Crippen LogP contribution is -2.30. The first-order valence-corrected chi connectivity index (χ1v) is 4.43. The lowest BCUT2D eigenvalue weighted by Gasteiger charge is -2.10. The van der Waals surface area contributed by atoms with E-state index in [0.29, 0.717) is 0 Å². The second kappa shape index (κ2) is 7.34. The van der Waals surface area contributed by atoms with Gasteiger partial charge in [-0.25, -0.2) is 0 Å². The second-order valence-corrected chi connectivity index (χ2v) is 2.50. The quantitative estimate of drug-likeness (QED) is 0.337. The third-order valence-electron chi connectivity index (χ3n) is 0.846. The van der Waals surface area contributed by atoms with Crippen molar-refractivity contribution in [2.24, 2.45) is 11.0 Å². The summed E-state index contributed by atoms with van der Waals surface area (Å²) in [7, 11) is -1.62. The van der Waals surface area contributed by atoms with Gasteiger partial charge in [-0.2, -0.15) is 0 Å². The number of morpholine rings is 1. The van der Waals surface area contributed by atoms with E-state index in [1.165, 1.54) is 0 Å². The molecule has 1 fully saturated rings. The summed E-state index contributed by atoms with van der Waals surface area (Å²) in [5.41, 5.74) is 9.02. The molecule has 1 saturated heterocycles. The predicted octanol–water partition coefficient (Wildman–Crippen LogP) is -1.27. The summed E-state index contributed by atoms with van der Waals surface area (Å²) in [5.74, 6) is 0. The zero-order valence-corrected chi connectivity index (χ0v) is 6.68. The minimum Gasteiger partial charge on any atom is -0.379 e. The van der Waals surface area contributed by atoms with E-state index in [1.54, 1.807) is 0 Å². The molecule has 1 aliphatic heterocycles. The number of nitrogens with two attached hydrogens (primary N) is 2. The first kappa shape index (κ1) is 10.2. The van der Waals surface area contributed by atoms with Gasteiger partial charge in [-0.15, -0.1) is 0 Å². The average molecular weight is 167 g/mol. The van der Waals surface area contributed by atoms with Gasteiger partial charge in [0.05, 0.1) is 13.2 Å². The topological polar surface area (TPSA) is 93.5 Å². The van der Waals surface area contributed by atoms with Crippen molar-refractivity contribution in [1.29, 1.82) is 0 Å². The molecule has 0 aromatic carbocycles. The van der Waals surface area contributed by atoms with Crippen LogP contribution in [0.15, 0.2) is 0 Å². The van der Waals surface area contributed by atoms with Crippen molar-refractivity contribution in [3.05, 3.63) is 0 Å². The summed E-state index contributed by atoms with van der Waals surface area (Å²) in [5, 5.41) is 3.16. The normalized spacial score (nSPS) is 18.0. The van der Waals surface area contributed by atoms with Crippen LogP contribution in [-0.4, -0.2) is 31.2 Å². The highest BCUT2D eigenvalue weighted by Gasteiger charge is 1.92. The predicted molar refractivity (Wildman–Crippen MR) is 41.2 cm³/mol. The van der Waals surface area contributed by atoms with E-state index in [1.807, 2.05) is 0 Å². The molecule has 62 valence electrons. The van der Waals surface area contributed by atoms with Crippen LogP contribution in [0.5, 0.6) is 0 Å². The van der Waals surface area contributed by atoms with Crippen molar-refractivity contribution in [3.63, 3.8) is 0 Å². The highest BCUT2D eigenvalue weighted by molar-refractivity contribution is 7.46. The van der Waals surface area contributed by atoms with Crippen LogP contribution in [0.1, 0.15) is 0 Å². The highest BCUT2D eigenvalue weighted by atomic mass is 31.2. The molecule has 0 saturated carbocycles. The van der Waals surface area contributed by atoms with Gasteiger partial charge in [-0.3, -0.25) is 11.0 Å². The van der Waals surface area contributed by atoms with Crippen LogP contribution >= 0.6 is 8.45 Å². The monoisotopic (exact) mass is 167 g/mol. The van der Waals surface area contributed by atoms with Gasteiger partial charge in [0.25, 0.3) is 0 Å². The third kappa shape index (κ3) is 11.1. The zero-order valence-electron chi connectivity index (χ0n) is 5.79. The van der Waals surface area contributed by atoms with Crippen molar-refractivity contribution in [1.82, 2.24) is 5.32 Å². The van der Waals surface area contributed by atoms with Crippen LogP contribution in [0.4, 0.5) is 0 Å². The second-order valence-electron chi connectivity index (χ2n) is 1.74. The molecule has 10 heavy (non-hydrogen) atoms. The molecule has 1 aliphatic rings. The van der Waals surface area contributed by atoms with Crippen LogP contribution < -0.4 is 16.3 Å². The fraction of sp³-hybridized carbons (Fsp3) is 1.00. The number of nitrogens with one attached hydrogen (secondary N) is 1. The van der Waals surface area contributed by atoms with Gasteiger partial charge in [0.1, 0.15) is 0 Å². The summed E-state index contributed by atoms with van der Waals surface area (Å²) < 4.78 is 5.01. The summed E-state index contributed by atoms with van der Waals surface area (Å²) in [6.45, 7) is 3.83.